The summed E-state index contributed by atoms with van der Waals surface area (Å²) in [5.41, 5.74) is 1.02. The van der Waals surface area contributed by atoms with Gasteiger partial charge in [-0.25, -0.2) is 0 Å². The maximum atomic E-state index is 11.9. The van der Waals surface area contributed by atoms with Gasteiger partial charge < -0.3 is 9.64 Å². The van der Waals surface area contributed by atoms with Crippen molar-refractivity contribution in [3.05, 3.63) is 34.3 Å². The second-order valence-corrected chi connectivity index (χ2v) is 6.03. The molecule has 1 aromatic rings. The normalized spacial score (nSPS) is 18.7. The van der Waals surface area contributed by atoms with Gasteiger partial charge in [-0.3, -0.25) is 9.59 Å². The van der Waals surface area contributed by atoms with Crippen LogP contribution in [0.2, 0.25) is 0 Å². The Morgan fingerprint density at radius 3 is 2.79 bits per heavy atom. The zero-order valence-electron chi connectivity index (χ0n) is 10.5. The first-order chi connectivity index (χ1) is 9.11. The van der Waals surface area contributed by atoms with Crippen molar-refractivity contribution in [3.63, 3.8) is 0 Å². The SMILES string of the molecule is CCOC(=O)CN1C(=O)CSC1c1ccc(Br)cc1. The molecule has 2 rings (SSSR count). The van der Waals surface area contributed by atoms with Crippen LogP contribution >= 0.6 is 27.7 Å². The second kappa shape index (κ2) is 6.43. The molecule has 1 amide bonds. The van der Waals surface area contributed by atoms with Gasteiger partial charge in [-0.2, -0.15) is 0 Å². The molecule has 6 heteroatoms. The topological polar surface area (TPSA) is 46.6 Å². The summed E-state index contributed by atoms with van der Waals surface area (Å²) in [7, 11) is 0. The van der Waals surface area contributed by atoms with Crippen molar-refractivity contribution < 1.29 is 14.3 Å². The summed E-state index contributed by atoms with van der Waals surface area (Å²) in [4.78, 5) is 25.0. The lowest BCUT2D eigenvalue weighted by molar-refractivity contribution is -0.148. The zero-order valence-corrected chi connectivity index (χ0v) is 12.9. The molecular formula is C13H14BrNO3S. The molecule has 102 valence electrons. The summed E-state index contributed by atoms with van der Waals surface area (Å²) < 4.78 is 5.89. The molecule has 1 fully saturated rings. The van der Waals surface area contributed by atoms with Gasteiger partial charge in [0.1, 0.15) is 11.9 Å². The van der Waals surface area contributed by atoms with Crippen LogP contribution in [0.15, 0.2) is 28.7 Å². The largest absolute Gasteiger partial charge is 0.465 e. The van der Waals surface area contributed by atoms with Crippen LogP contribution in [0.1, 0.15) is 17.9 Å². The lowest BCUT2D eigenvalue weighted by Gasteiger charge is -2.23. The summed E-state index contributed by atoms with van der Waals surface area (Å²) >= 11 is 4.91. The van der Waals surface area contributed by atoms with Crippen LogP contribution in [0, 0.1) is 0 Å². The number of nitrogens with zero attached hydrogens (tertiary/aromatic N) is 1. The van der Waals surface area contributed by atoms with Gasteiger partial charge in [-0.15, -0.1) is 11.8 Å². The molecule has 0 N–H and O–H groups in total. The fraction of sp³-hybridized carbons (Fsp3) is 0.385. The van der Waals surface area contributed by atoms with Crippen molar-refractivity contribution in [3.8, 4) is 0 Å². The lowest BCUT2D eigenvalue weighted by atomic mass is 10.2. The van der Waals surface area contributed by atoms with Crippen molar-refractivity contribution in [1.82, 2.24) is 4.90 Å². The summed E-state index contributed by atoms with van der Waals surface area (Å²) in [6, 6.07) is 7.78. The highest BCUT2D eigenvalue weighted by atomic mass is 79.9. The highest BCUT2D eigenvalue weighted by Crippen LogP contribution is 2.38. The Morgan fingerprint density at radius 1 is 1.47 bits per heavy atom. The molecule has 1 aliphatic rings. The third-order valence-corrected chi connectivity index (χ3v) is 4.51. The third kappa shape index (κ3) is 3.51. The van der Waals surface area contributed by atoms with Crippen molar-refractivity contribution in [1.29, 1.82) is 0 Å². The first-order valence-corrected chi connectivity index (χ1v) is 7.78. The second-order valence-electron chi connectivity index (χ2n) is 4.04. The highest BCUT2D eigenvalue weighted by molar-refractivity contribution is 9.10. The maximum absolute atomic E-state index is 11.9. The monoisotopic (exact) mass is 343 g/mol. The molecule has 1 aliphatic heterocycles. The van der Waals surface area contributed by atoms with Gasteiger partial charge in [0.2, 0.25) is 5.91 Å². The fourth-order valence-electron chi connectivity index (χ4n) is 1.87. The van der Waals surface area contributed by atoms with Crippen LogP contribution in [-0.4, -0.2) is 35.7 Å². The summed E-state index contributed by atoms with van der Waals surface area (Å²) in [6.45, 7) is 2.10. The molecule has 0 saturated carbocycles. The summed E-state index contributed by atoms with van der Waals surface area (Å²) in [5.74, 6) is 0.0200. The average molecular weight is 344 g/mol. The molecule has 1 saturated heterocycles. The van der Waals surface area contributed by atoms with Crippen LogP contribution in [0.3, 0.4) is 0 Å². The van der Waals surface area contributed by atoms with E-state index in [1.807, 2.05) is 24.3 Å². The molecule has 0 bridgehead atoms. The molecule has 4 nitrogen and oxygen atoms in total. The predicted octanol–water partition coefficient (Wildman–Crippen LogP) is 2.59. The van der Waals surface area contributed by atoms with E-state index >= 15 is 0 Å². The number of hydrogen-bond acceptors (Lipinski definition) is 4. The van der Waals surface area contributed by atoms with Crippen molar-refractivity contribution in [2.24, 2.45) is 0 Å². The van der Waals surface area contributed by atoms with Crippen LogP contribution in [0.5, 0.6) is 0 Å². The number of benzene rings is 1. The minimum atomic E-state index is -0.361. The maximum Gasteiger partial charge on any atom is 0.325 e. The number of hydrogen-bond donors (Lipinski definition) is 0. The van der Waals surface area contributed by atoms with Gasteiger partial charge >= 0.3 is 5.97 Å². The molecule has 0 spiro atoms. The molecule has 1 heterocycles. The van der Waals surface area contributed by atoms with Gasteiger partial charge in [0.05, 0.1) is 12.4 Å². The minimum Gasteiger partial charge on any atom is -0.465 e. The minimum absolute atomic E-state index is 0.0143. The van der Waals surface area contributed by atoms with Crippen LogP contribution in [0.4, 0.5) is 0 Å². The van der Waals surface area contributed by atoms with Crippen molar-refractivity contribution in [2.45, 2.75) is 12.3 Å². The van der Waals surface area contributed by atoms with E-state index in [-0.39, 0.29) is 23.8 Å². The van der Waals surface area contributed by atoms with Crippen LogP contribution in [0.25, 0.3) is 0 Å². The van der Waals surface area contributed by atoms with Gasteiger partial charge in [-0.1, -0.05) is 28.1 Å². The molecular weight excluding hydrogens is 330 g/mol. The highest BCUT2D eigenvalue weighted by Gasteiger charge is 2.34. The Bertz CT molecular complexity index is 477. The number of esters is 1. The van der Waals surface area contributed by atoms with Gasteiger partial charge in [-0.05, 0) is 24.6 Å². The molecule has 0 aliphatic carbocycles. The van der Waals surface area contributed by atoms with E-state index in [1.54, 1.807) is 11.8 Å². The number of amides is 1. The van der Waals surface area contributed by atoms with Crippen molar-refractivity contribution in [2.75, 3.05) is 18.9 Å². The van der Waals surface area contributed by atoms with E-state index in [9.17, 15) is 9.59 Å². The quantitative estimate of drug-likeness (QED) is 0.788. The lowest BCUT2D eigenvalue weighted by Crippen LogP contribution is -2.34. The van der Waals surface area contributed by atoms with Crippen molar-refractivity contribution >= 4 is 39.6 Å². The molecule has 19 heavy (non-hydrogen) atoms. The number of carbonyl (C=O) groups is 2. The number of halogens is 1. The first-order valence-electron chi connectivity index (χ1n) is 5.94. The number of ether oxygens (including phenoxy) is 1. The molecule has 0 radical (unpaired) electrons. The molecule has 1 atom stereocenters. The summed E-state index contributed by atoms with van der Waals surface area (Å²) in [5, 5.41) is -0.106. The van der Waals surface area contributed by atoms with E-state index in [4.69, 9.17) is 4.74 Å². The van der Waals surface area contributed by atoms with E-state index in [0.29, 0.717) is 12.4 Å². The molecule has 0 aromatic heterocycles. The number of rotatable bonds is 4. The third-order valence-electron chi connectivity index (χ3n) is 2.73. The number of thioether (sulfide) groups is 1. The Labute approximate surface area is 124 Å². The fourth-order valence-corrected chi connectivity index (χ4v) is 3.33. The Balaban J connectivity index is 2.12. The van der Waals surface area contributed by atoms with Gasteiger partial charge in [0, 0.05) is 4.47 Å². The Kier molecular flexibility index (Phi) is 4.87. The van der Waals surface area contributed by atoms with Crippen LogP contribution in [-0.2, 0) is 14.3 Å². The van der Waals surface area contributed by atoms with Gasteiger partial charge in [0.25, 0.3) is 0 Å². The smallest absolute Gasteiger partial charge is 0.325 e. The van der Waals surface area contributed by atoms with E-state index in [2.05, 4.69) is 15.9 Å². The first kappa shape index (κ1) is 14.4. The predicted molar refractivity (Wildman–Crippen MR) is 77.7 cm³/mol. The number of carbonyl (C=O) groups excluding carboxylic acids is 2. The zero-order chi connectivity index (χ0) is 13.8. The van der Waals surface area contributed by atoms with E-state index in [1.165, 1.54) is 11.8 Å². The van der Waals surface area contributed by atoms with Crippen LogP contribution < -0.4 is 0 Å². The molecule has 1 unspecified atom stereocenters. The van der Waals surface area contributed by atoms with Gasteiger partial charge in [0.15, 0.2) is 0 Å². The summed E-state index contributed by atoms with van der Waals surface area (Å²) in [6.07, 6.45) is 0. The Morgan fingerprint density at radius 2 is 2.16 bits per heavy atom. The standard InChI is InChI=1S/C13H14BrNO3S/c1-2-18-12(17)7-15-11(16)8-19-13(15)9-3-5-10(14)6-4-9/h3-6,13H,2,7-8H2,1H3. The van der Waals surface area contributed by atoms with E-state index in [0.717, 1.165) is 10.0 Å². The Hall–Kier alpha value is -1.01. The average Bonchev–Trinajstić information content (AvgIpc) is 2.73. The molecule has 1 aromatic carbocycles. The van der Waals surface area contributed by atoms with E-state index < -0.39 is 0 Å².